The molecule has 2 heterocycles. The van der Waals surface area contributed by atoms with Gasteiger partial charge in [-0.1, -0.05) is 59.1 Å². The number of nitrogens with zero attached hydrogens (tertiary/aromatic N) is 2. The number of anilines is 1. The number of hydrazine groups is 1. The number of carbonyl (C=O) groups is 5. The maximum Gasteiger partial charge on any atom is 0.423 e. The molecule has 11 nitrogen and oxygen atoms in total. The molecule has 13 heteroatoms. The van der Waals surface area contributed by atoms with Gasteiger partial charge in [0.15, 0.2) is 0 Å². The largest absolute Gasteiger partial charge is 0.508 e. The first kappa shape index (κ1) is 31.7. The van der Waals surface area contributed by atoms with Crippen LogP contribution in [0, 0.1) is 23.7 Å². The topological polar surface area (TPSA) is 143 Å². The molecule has 7 rings (SSSR count). The van der Waals surface area contributed by atoms with Crippen LogP contribution in [0.4, 0.5) is 10.5 Å². The minimum atomic E-state index is -1.58. The zero-order valence-corrected chi connectivity index (χ0v) is 27.2. The van der Waals surface area contributed by atoms with Gasteiger partial charge in [-0.05, 0) is 72.4 Å². The van der Waals surface area contributed by atoms with E-state index in [9.17, 15) is 24.3 Å². The fourth-order valence-electron chi connectivity index (χ4n) is 8.19. The van der Waals surface area contributed by atoms with Crippen LogP contribution in [0.25, 0.3) is 0 Å². The number of phenols is 1. The van der Waals surface area contributed by atoms with Crippen LogP contribution >= 0.6 is 23.2 Å². The molecule has 3 aromatic rings. The van der Waals surface area contributed by atoms with Gasteiger partial charge in [0, 0.05) is 10.9 Å². The number of phenolic OH excluding ortho intramolecular Hbond substituents is 1. The lowest BCUT2D eigenvalue weighted by atomic mass is 9.49. The molecule has 2 aliphatic carbocycles. The molecular formula is C35H29Cl2N3O8. The summed E-state index contributed by atoms with van der Waals surface area (Å²) < 4.78 is 10.2. The fourth-order valence-corrected chi connectivity index (χ4v) is 8.64. The van der Waals surface area contributed by atoms with Crippen molar-refractivity contribution >= 4 is 58.6 Å². The number of imide groups is 4. The summed E-state index contributed by atoms with van der Waals surface area (Å²) >= 11 is 12.6. The first-order valence-electron chi connectivity index (χ1n) is 15.2. The Bertz CT molecular complexity index is 1930. The predicted octanol–water partition coefficient (Wildman–Crippen LogP) is 5.46. The Morgan fingerprint density at radius 2 is 1.69 bits per heavy atom. The van der Waals surface area contributed by atoms with Crippen LogP contribution in [-0.4, -0.2) is 59.0 Å². The number of nitrogens with one attached hydrogen (secondary N) is 1. The van der Waals surface area contributed by atoms with Crippen LogP contribution in [0.1, 0.15) is 29.9 Å². The maximum absolute atomic E-state index is 15.1. The molecule has 0 radical (unpaired) electrons. The number of fused-ring (bicyclic) bond motifs is 4. The number of hydrogen-bond acceptors (Lipinski definition) is 9. The second-order valence-corrected chi connectivity index (χ2v) is 13.1. The second-order valence-electron chi connectivity index (χ2n) is 12.3. The number of halogens is 2. The summed E-state index contributed by atoms with van der Waals surface area (Å²) in [7, 11) is 2.61. The summed E-state index contributed by atoms with van der Waals surface area (Å²) in [5.41, 5.74) is 3.31. The van der Waals surface area contributed by atoms with Crippen molar-refractivity contribution in [3.8, 4) is 11.5 Å². The minimum absolute atomic E-state index is 0.0134. The second kappa shape index (κ2) is 11.7. The van der Waals surface area contributed by atoms with Gasteiger partial charge in [0.05, 0.1) is 48.1 Å². The molecule has 2 aliphatic heterocycles. The van der Waals surface area contributed by atoms with E-state index < -0.39 is 64.7 Å². The summed E-state index contributed by atoms with van der Waals surface area (Å²) in [5.74, 6) is -6.50. The number of benzene rings is 3. The number of ether oxygens (including phenoxy) is 2. The van der Waals surface area contributed by atoms with Crippen LogP contribution in [0.15, 0.2) is 78.4 Å². The molecule has 2 N–H and O–H groups in total. The zero-order chi connectivity index (χ0) is 34.1. The summed E-state index contributed by atoms with van der Waals surface area (Å²) in [5, 5.41) is 12.2. The normalized spacial score (nSPS) is 27.7. The predicted molar refractivity (Wildman–Crippen MR) is 173 cm³/mol. The number of hydrogen-bond donors (Lipinski definition) is 2. The molecule has 48 heavy (non-hydrogen) atoms. The van der Waals surface area contributed by atoms with Gasteiger partial charge < -0.3 is 14.6 Å². The van der Waals surface area contributed by atoms with Crippen molar-refractivity contribution in [2.45, 2.75) is 24.2 Å². The molecular weight excluding hydrogens is 661 g/mol. The van der Waals surface area contributed by atoms with E-state index in [1.54, 1.807) is 48.5 Å². The van der Waals surface area contributed by atoms with E-state index in [0.717, 1.165) is 12.1 Å². The molecule has 0 bridgehead atoms. The number of carbonyl (C=O) groups excluding carboxylic acids is 5. The van der Waals surface area contributed by atoms with Crippen molar-refractivity contribution in [3.63, 3.8) is 0 Å². The molecule has 0 spiro atoms. The quantitative estimate of drug-likeness (QED) is 0.264. The Morgan fingerprint density at radius 1 is 0.938 bits per heavy atom. The van der Waals surface area contributed by atoms with Gasteiger partial charge in [0.25, 0.3) is 11.8 Å². The Balaban J connectivity index is 1.45. The minimum Gasteiger partial charge on any atom is -0.508 e. The molecule has 0 aromatic heterocycles. The van der Waals surface area contributed by atoms with Crippen molar-refractivity contribution in [1.29, 1.82) is 0 Å². The van der Waals surface area contributed by atoms with Crippen LogP contribution in [0.2, 0.25) is 10.0 Å². The van der Waals surface area contributed by atoms with E-state index >= 15 is 4.79 Å². The van der Waals surface area contributed by atoms with E-state index in [2.05, 4.69) is 5.43 Å². The fraction of sp³-hybridized carbons (Fsp3) is 0.286. The third-order valence-corrected chi connectivity index (χ3v) is 10.7. The molecule has 246 valence electrons. The molecule has 2 saturated heterocycles. The number of amides is 5. The smallest absolute Gasteiger partial charge is 0.423 e. The van der Waals surface area contributed by atoms with Crippen molar-refractivity contribution < 1.29 is 38.6 Å². The number of rotatable bonds is 5. The molecule has 3 aromatic carbocycles. The van der Waals surface area contributed by atoms with E-state index in [1.807, 2.05) is 6.08 Å². The summed E-state index contributed by atoms with van der Waals surface area (Å²) in [6.07, 6.45) is 0.908. The highest BCUT2D eigenvalue weighted by Gasteiger charge is 2.70. The molecule has 6 unspecified atom stereocenters. The number of allylic oxidation sites excluding steroid dienone is 2. The van der Waals surface area contributed by atoms with Gasteiger partial charge in [-0.3, -0.25) is 24.6 Å². The van der Waals surface area contributed by atoms with Gasteiger partial charge in [-0.2, -0.15) is 9.91 Å². The van der Waals surface area contributed by atoms with Gasteiger partial charge >= 0.3 is 6.09 Å². The Morgan fingerprint density at radius 3 is 2.35 bits per heavy atom. The zero-order valence-electron chi connectivity index (χ0n) is 25.7. The Hall–Kier alpha value is -4.87. The maximum atomic E-state index is 15.1. The third-order valence-electron chi connectivity index (χ3n) is 10.1. The van der Waals surface area contributed by atoms with Crippen molar-refractivity contribution in [1.82, 2.24) is 9.91 Å². The van der Waals surface area contributed by atoms with Crippen molar-refractivity contribution in [2.24, 2.45) is 23.7 Å². The molecule has 3 fully saturated rings. The average molecular weight is 691 g/mol. The van der Waals surface area contributed by atoms with Gasteiger partial charge in [0.1, 0.15) is 11.5 Å². The monoisotopic (exact) mass is 689 g/mol. The number of aromatic hydroxyl groups is 1. The highest BCUT2D eigenvalue weighted by Crippen LogP contribution is 2.64. The van der Waals surface area contributed by atoms with E-state index in [0.29, 0.717) is 32.4 Å². The third kappa shape index (κ3) is 4.51. The number of methoxy groups -OCH3 is 2. The summed E-state index contributed by atoms with van der Waals surface area (Å²) in [4.78, 5) is 70.1. The van der Waals surface area contributed by atoms with Crippen LogP contribution in [0.3, 0.4) is 0 Å². The van der Waals surface area contributed by atoms with Crippen LogP contribution in [0.5, 0.6) is 11.5 Å². The van der Waals surface area contributed by atoms with E-state index in [1.165, 1.54) is 25.3 Å². The summed E-state index contributed by atoms with van der Waals surface area (Å²) in [6.45, 7) is 0. The van der Waals surface area contributed by atoms with Crippen LogP contribution < -0.4 is 10.2 Å². The molecule has 4 aliphatic rings. The highest BCUT2D eigenvalue weighted by atomic mass is 35.5. The SMILES string of the molecule is COC(=O)N1C(=O)C2CC=C3C(CC4C(=O)N(Nc5ccc(Cl)cc5Cl)C(=O)C4(c4ccc(OC)cc4)C3c3cccc(O)c3)C2C1=O. The first-order chi connectivity index (χ1) is 23.0. The van der Waals surface area contributed by atoms with Gasteiger partial charge in [-0.25, -0.2) is 4.79 Å². The standard InChI is InChI=1S/C35H29Cl2N3O8/c1-47-21-9-6-18(7-10-21)35-25(31(43)40(33(35)45)38-27-13-8-19(36)15-26(27)37)16-24-22(29(35)17-4-3-5-20(41)14-17)11-12-23-28(24)32(44)39(30(23)42)34(46)48-2/h3-11,13-15,23-25,28-29,38,41H,12,16H2,1-2H3. The molecule has 5 amide bonds. The Kier molecular flexibility index (Phi) is 7.71. The van der Waals surface area contributed by atoms with Crippen LogP contribution in [-0.2, 0) is 29.3 Å². The lowest BCUT2D eigenvalue weighted by Gasteiger charge is -2.50. The van der Waals surface area contributed by atoms with E-state index in [4.69, 9.17) is 32.7 Å². The van der Waals surface area contributed by atoms with Crippen molar-refractivity contribution in [3.05, 3.63) is 99.6 Å². The molecule has 1 saturated carbocycles. The van der Waals surface area contributed by atoms with Gasteiger partial charge in [0.2, 0.25) is 11.8 Å². The van der Waals surface area contributed by atoms with E-state index in [-0.39, 0.29) is 29.3 Å². The first-order valence-corrected chi connectivity index (χ1v) is 16.0. The number of likely N-dealkylation sites (tertiary alicyclic amines) is 1. The van der Waals surface area contributed by atoms with Gasteiger partial charge in [-0.15, -0.1) is 0 Å². The lowest BCUT2D eigenvalue weighted by molar-refractivity contribution is -0.140. The van der Waals surface area contributed by atoms with Crippen molar-refractivity contribution in [2.75, 3.05) is 19.6 Å². The summed E-state index contributed by atoms with van der Waals surface area (Å²) in [6, 6.07) is 17.9. The Labute approximate surface area is 285 Å². The lowest BCUT2D eigenvalue weighted by Crippen LogP contribution is -2.53. The average Bonchev–Trinajstić information content (AvgIpc) is 3.46. The molecule has 6 atom stereocenters. The highest BCUT2D eigenvalue weighted by molar-refractivity contribution is 6.36.